The summed E-state index contributed by atoms with van der Waals surface area (Å²) in [6.45, 7) is 10.9. The molecule has 0 spiro atoms. The predicted octanol–water partition coefficient (Wildman–Crippen LogP) is 5.09. The summed E-state index contributed by atoms with van der Waals surface area (Å²) in [5.41, 5.74) is 5.31. The number of fused-ring (bicyclic) bond motifs is 1. The van der Waals surface area contributed by atoms with Crippen molar-refractivity contribution in [1.29, 1.82) is 0 Å². The number of aryl methyl sites for hydroxylation is 1. The van der Waals surface area contributed by atoms with Gasteiger partial charge in [0, 0.05) is 106 Å². The number of anilines is 3. The zero-order chi connectivity index (χ0) is 34.5. The summed E-state index contributed by atoms with van der Waals surface area (Å²) in [6.07, 6.45) is 8.85. The molecule has 3 fully saturated rings. The topological polar surface area (TPSA) is 113 Å². The molecule has 0 bridgehead atoms. The summed E-state index contributed by atoms with van der Waals surface area (Å²) >= 11 is 0. The number of benzene rings is 1. The van der Waals surface area contributed by atoms with Gasteiger partial charge in [0.05, 0.1) is 19.9 Å². The number of nitrogens with one attached hydrogen (secondary N) is 2. The minimum absolute atomic E-state index is 0.299. The molecule has 0 saturated carbocycles. The molecule has 2 N–H and O–H groups in total. The molecule has 266 valence electrons. The minimum atomic E-state index is 0.299. The molecular formula is C38H51N9O3. The van der Waals surface area contributed by atoms with Crippen molar-refractivity contribution in [2.24, 2.45) is 0 Å². The second-order valence-electron chi connectivity index (χ2n) is 13.6. The van der Waals surface area contributed by atoms with Gasteiger partial charge in [-0.2, -0.15) is 0 Å². The van der Waals surface area contributed by atoms with E-state index in [2.05, 4.69) is 51.4 Å². The van der Waals surface area contributed by atoms with E-state index in [0.717, 1.165) is 102 Å². The Morgan fingerprint density at radius 1 is 0.840 bits per heavy atom. The molecule has 3 aliphatic heterocycles. The van der Waals surface area contributed by atoms with Crippen LogP contribution in [0.5, 0.6) is 11.5 Å². The SMILES string of the molecule is CCc1nc2c(NCc3ccc(OC)cc3OC)ncc(-c3ccc(N4CCC(N5CCN(C)CC5)CC4)nc3)c2nc1NC1CCOCC1. The molecule has 6 heterocycles. The molecular weight excluding hydrogens is 630 g/mol. The highest BCUT2D eigenvalue weighted by Crippen LogP contribution is 2.34. The van der Waals surface area contributed by atoms with Gasteiger partial charge in [-0.15, -0.1) is 0 Å². The summed E-state index contributed by atoms with van der Waals surface area (Å²) < 4.78 is 16.7. The lowest BCUT2D eigenvalue weighted by Gasteiger charge is -2.42. The highest BCUT2D eigenvalue weighted by Gasteiger charge is 2.27. The lowest BCUT2D eigenvalue weighted by Crippen LogP contribution is -2.52. The van der Waals surface area contributed by atoms with Crippen LogP contribution in [0.1, 0.15) is 43.9 Å². The smallest absolute Gasteiger partial charge is 0.154 e. The number of nitrogens with zero attached hydrogens (tertiary/aromatic N) is 7. The predicted molar refractivity (Wildman–Crippen MR) is 199 cm³/mol. The lowest BCUT2D eigenvalue weighted by atomic mass is 10.0. The van der Waals surface area contributed by atoms with Crippen molar-refractivity contribution in [3.05, 3.63) is 54.0 Å². The number of rotatable bonds is 11. The van der Waals surface area contributed by atoms with Crippen LogP contribution in [-0.4, -0.2) is 116 Å². The fraction of sp³-hybridized carbons (Fsp3) is 0.526. The fourth-order valence-electron chi connectivity index (χ4n) is 7.37. The number of likely N-dealkylation sites (N-methyl/N-ethyl adjacent to an activating group) is 1. The normalized spacial score (nSPS) is 18.4. The van der Waals surface area contributed by atoms with Gasteiger partial charge in [-0.05, 0) is 63.4 Å². The number of methoxy groups -OCH3 is 2. The summed E-state index contributed by atoms with van der Waals surface area (Å²) in [5, 5.41) is 7.23. The highest BCUT2D eigenvalue weighted by molar-refractivity contribution is 5.97. The molecule has 3 saturated heterocycles. The average Bonchev–Trinajstić information content (AvgIpc) is 3.17. The van der Waals surface area contributed by atoms with Crippen molar-refractivity contribution in [3.8, 4) is 22.6 Å². The van der Waals surface area contributed by atoms with Gasteiger partial charge in [-0.25, -0.2) is 19.9 Å². The number of ether oxygens (including phenoxy) is 3. The van der Waals surface area contributed by atoms with Crippen molar-refractivity contribution in [1.82, 2.24) is 29.7 Å². The number of hydrogen-bond donors (Lipinski definition) is 2. The summed E-state index contributed by atoms with van der Waals surface area (Å²) in [6, 6.07) is 11.1. The van der Waals surface area contributed by atoms with E-state index < -0.39 is 0 Å². The van der Waals surface area contributed by atoms with E-state index in [1.807, 2.05) is 30.6 Å². The molecule has 0 radical (unpaired) electrons. The van der Waals surface area contributed by atoms with E-state index in [1.165, 1.54) is 39.0 Å². The molecule has 12 heteroatoms. The first kappa shape index (κ1) is 34.2. The Morgan fingerprint density at radius 3 is 2.34 bits per heavy atom. The van der Waals surface area contributed by atoms with E-state index in [4.69, 9.17) is 34.1 Å². The van der Waals surface area contributed by atoms with Crippen molar-refractivity contribution in [2.75, 3.05) is 89.3 Å². The Balaban J connectivity index is 1.16. The van der Waals surface area contributed by atoms with E-state index >= 15 is 0 Å². The number of piperidine rings is 1. The van der Waals surface area contributed by atoms with Gasteiger partial charge < -0.3 is 34.6 Å². The maximum absolute atomic E-state index is 5.66. The van der Waals surface area contributed by atoms with Crippen LogP contribution in [0.3, 0.4) is 0 Å². The molecule has 0 amide bonds. The van der Waals surface area contributed by atoms with Crippen LogP contribution in [0.15, 0.2) is 42.7 Å². The Labute approximate surface area is 295 Å². The number of pyridine rings is 2. The van der Waals surface area contributed by atoms with Crippen molar-refractivity contribution < 1.29 is 14.2 Å². The Hall–Kier alpha value is -4.26. The van der Waals surface area contributed by atoms with Crippen LogP contribution in [0.25, 0.3) is 22.2 Å². The molecule has 0 aliphatic carbocycles. The molecule has 0 unspecified atom stereocenters. The van der Waals surface area contributed by atoms with Crippen molar-refractivity contribution in [2.45, 2.75) is 57.7 Å². The number of piperazine rings is 1. The van der Waals surface area contributed by atoms with Crippen LogP contribution in [-0.2, 0) is 17.7 Å². The molecule has 50 heavy (non-hydrogen) atoms. The van der Waals surface area contributed by atoms with Crippen molar-refractivity contribution >= 4 is 28.5 Å². The van der Waals surface area contributed by atoms with Crippen LogP contribution in [0, 0.1) is 0 Å². The quantitative estimate of drug-likeness (QED) is 0.220. The van der Waals surface area contributed by atoms with Crippen molar-refractivity contribution in [3.63, 3.8) is 0 Å². The molecule has 12 nitrogen and oxygen atoms in total. The maximum Gasteiger partial charge on any atom is 0.154 e. The third kappa shape index (κ3) is 7.57. The highest BCUT2D eigenvalue weighted by atomic mass is 16.5. The van der Waals surface area contributed by atoms with Gasteiger partial charge in [0.15, 0.2) is 5.82 Å². The van der Waals surface area contributed by atoms with Gasteiger partial charge in [0.2, 0.25) is 0 Å². The average molecular weight is 682 g/mol. The summed E-state index contributed by atoms with van der Waals surface area (Å²) in [7, 11) is 5.54. The molecule has 4 aromatic rings. The van der Waals surface area contributed by atoms with E-state index in [1.54, 1.807) is 14.2 Å². The first-order chi connectivity index (χ1) is 24.5. The van der Waals surface area contributed by atoms with Gasteiger partial charge >= 0.3 is 0 Å². The zero-order valence-electron chi connectivity index (χ0n) is 30.0. The minimum Gasteiger partial charge on any atom is -0.497 e. The summed E-state index contributed by atoms with van der Waals surface area (Å²) in [4.78, 5) is 27.9. The van der Waals surface area contributed by atoms with Crippen LogP contribution in [0.2, 0.25) is 0 Å². The largest absolute Gasteiger partial charge is 0.497 e. The molecule has 0 atom stereocenters. The van der Waals surface area contributed by atoms with E-state index in [9.17, 15) is 0 Å². The number of hydrogen-bond acceptors (Lipinski definition) is 12. The van der Waals surface area contributed by atoms with Gasteiger partial charge in [-0.3, -0.25) is 4.90 Å². The third-order valence-electron chi connectivity index (χ3n) is 10.5. The zero-order valence-corrected chi connectivity index (χ0v) is 30.0. The Kier molecular flexibility index (Phi) is 10.8. The second-order valence-corrected chi connectivity index (χ2v) is 13.6. The molecule has 3 aromatic heterocycles. The van der Waals surface area contributed by atoms with E-state index in [-0.39, 0.29) is 0 Å². The Morgan fingerprint density at radius 2 is 1.64 bits per heavy atom. The van der Waals surface area contributed by atoms with Gasteiger partial charge in [-0.1, -0.05) is 6.92 Å². The fourth-order valence-corrected chi connectivity index (χ4v) is 7.37. The first-order valence-corrected chi connectivity index (χ1v) is 18.2. The van der Waals surface area contributed by atoms with E-state index in [0.29, 0.717) is 24.4 Å². The van der Waals surface area contributed by atoms with Crippen LogP contribution >= 0.6 is 0 Å². The molecule has 1 aromatic carbocycles. The molecule has 7 rings (SSSR count). The third-order valence-corrected chi connectivity index (χ3v) is 10.5. The first-order valence-electron chi connectivity index (χ1n) is 18.2. The summed E-state index contributed by atoms with van der Waals surface area (Å²) in [5.74, 6) is 4.02. The number of aromatic nitrogens is 4. The Bertz CT molecular complexity index is 1730. The maximum atomic E-state index is 5.66. The van der Waals surface area contributed by atoms with Gasteiger partial charge in [0.25, 0.3) is 0 Å². The van der Waals surface area contributed by atoms with Crippen LogP contribution < -0.4 is 25.0 Å². The molecule has 3 aliphatic rings. The standard InChI is InChI=1S/C38H51N9O3/c1-5-32-37(42-28-12-20-50-21-13-28)44-35-31(25-41-38(36(35)43-32)40-24-27-6-8-30(48-3)22-33(27)49-4)26-7-9-34(39-23-26)47-14-10-29(11-15-47)46-18-16-45(2)17-19-46/h6-9,22-23,25,28-29H,5,10-21,24H2,1-4H3,(H,40,41)(H,42,44). The second kappa shape index (κ2) is 15.7. The lowest BCUT2D eigenvalue weighted by molar-refractivity contribution is 0.0903. The van der Waals surface area contributed by atoms with Crippen LogP contribution in [0.4, 0.5) is 17.5 Å². The monoisotopic (exact) mass is 681 g/mol. The van der Waals surface area contributed by atoms with Gasteiger partial charge in [0.1, 0.15) is 34.2 Å².